The average molecular weight is 716 g/mol. The molecule has 6 aromatic carbocycles. The Morgan fingerprint density at radius 1 is 0.500 bits per heavy atom. The van der Waals surface area contributed by atoms with Gasteiger partial charge in [-0.3, -0.25) is 0 Å². The van der Waals surface area contributed by atoms with Crippen molar-refractivity contribution in [2.75, 3.05) is 0 Å². The first kappa shape index (κ1) is 33.9. The van der Waals surface area contributed by atoms with Crippen LogP contribution in [0, 0.1) is 16.7 Å². The molecule has 3 nitrogen and oxygen atoms in total. The fourth-order valence-corrected chi connectivity index (χ4v) is 9.68. The molecule has 0 bridgehead atoms. The molecule has 0 saturated heterocycles. The maximum Gasteiger partial charge on any atom is 0.161 e. The van der Waals surface area contributed by atoms with Crippen LogP contribution in [0.5, 0.6) is 0 Å². The summed E-state index contributed by atoms with van der Waals surface area (Å²) in [6.45, 7) is 14.4. The van der Waals surface area contributed by atoms with Gasteiger partial charge in [-0.15, -0.1) is 11.3 Å². The van der Waals surface area contributed by atoms with Gasteiger partial charge in [0.05, 0.1) is 23.0 Å². The molecule has 262 valence electrons. The first-order chi connectivity index (χ1) is 26.0. The highest BCUT2D eigenvalue weighted by atomic mass is 32.1. The molecule has 2 aromatic heterocycles. The third-order valence-electron chi connectivity index (χ3n) is 12.9. The Bertz CT molecular complexity index is 2790. The molecule has 0 saturated carbocycles. The minimum Gasteiger partial charge on any atom is -0.228 e. The van der Waals surface area contributed by atoms with Gasteiger partial charge in [0.2, 0.25) is 0 Å². The van der Waals surface area contributed by atoms with Gasteiger partial charge >= 0.3 is 0 Å². The molecule has 0 N–H and O–H groups in total. The van der Waals surface area contributed by atoms with E-state index in [0.29, 0.717) is 11.4 Å². The molecule has 0 fully saturated rings. The Morgan fingerprint density at radius 2 is 1.06 bits per heavy atom. The maximum absolute atomic E-state index is 9.73. The summed E-state index contributed by atoms with van der Waals surface area (Å²) in [5, 5.41) is 12.1. The molecule has 4 heteroatoms. The summed E-state index contributed by atoms with van der Waals surface area (Å²) in [5.41, 5.74) is 12.9. The third kappa shape index (κ3) is 5.14. The zero-order valence-electron chi connectivity index (χ0n) is 31.5. The number of aromatic nitrogens is 2. The van der Waals surface area contributed by atoms with Crippen LogP contribution >= 0.6 is 11.3 Å². The topological polar surface area (TPSA) is 49.6 Å². The van der Waals surface area contributed by atoms with Crippen LogP contribution in [0.2, 0.25) is 0 Å². The van der Waals surface area contributed by atoms with Gasteiger partial charge in [-0.2, -0.15) is 5.26 Å². The van der Waals surface area contributed by atoms with Gasteiger partial charge in [-0.25, -0.2) is 9.97 Å². The lowest BCUT2D eigenvalue weighted by molar-refractivity contribution is 0.125. The SMILES string of the molecule is CC1(C)c2ccc(-c3ccc(-c4cc(-c5ccc(-c6ccccc6C#N)cc5)nc(-c5cccc6sc7ccccc7c56)n4)cc3)cc2C(C)(C)C1(C)C. The first-order valence-corrected chi connectivity index (χ1v) is 19.4. The normalized spacial score (nSPS) is 15.3. The number of nitriles is 1. The van der Waals surface area contributed by atoms with Gasteiger partial charge in [0.15, 0.2) is 5.82 Å². The summed E-state index contributed by atoms with van der Waals surface area (Å²) in [5.74, 6) is 0.700. The van der Waals surface area contributed by atoms with Crippen molar-refractivity contribution in [3.63, 3.8) is 0 Å². The number of benzene rings is 6. The van der Waals surface area contributed by atoms with Gasteiger partial charge in [0.1, 0.15) is 0 Å². The van der Waals surface area contributed by atoms with E-state index in [2.05, 4.69) is 163 Å². The van der Waals surface area contributed by atoms with Gasteiger partial charge in [-0.1, -0.05) is 157 Å². The lowest BCUT2D eigenvalue weighted by Crippen LogP contribution is -2.42. The van der Waals surface area contributed by atoms with Crippen molar-refractivity contribution in [1.82, 2.24) is 9.97 Å². The van der Waals surface area contributed by atoms with Crippen molar-refractivity contribution in [1.29, 1.82) is 5.26 Å². The Morgan fingerprint density at radius 3 is 1.76 bits per heavy atom. The van der Waals surface area contributed by atoms with Crippen LogP contribution in [-0.4, -0.2) is 9.97 Å². The van der Waals surface area contributed by atoms with E-state index in [-0.39, 0.29) is 16.2 Å². The molecular formula is C50H41N3S. The van der Waals surface area contributed by atoms with Gasteiger partial charge in [0, 0.05) is 36.9 Å². The van der Waals surface area contributed by atoms with Crippen LogP contribution in [-0.2, 0) is 10.8 Å². The van der Waals surface area contributed by atoms with Gasteiger partial charge in [-0.05, 0) is 73.9 Å². The largest absolute Gasteiger partial charge is 0.228 e. The van der Waals surface area contributed by atoms with E-state index >= 15 is 0 Å². The highest BCUT2D eigenvalue weighted by Gasteiger charge is 2.56. The number of hydrogen-bond acceptors (Lipinski definition) is 4. The third-order valence-corrected chi connectivity index (χ3v) is 14.1. The van der Waals surface area contributed by atoms with Crippen molar-refractivity contribution in [3.8, 4) is 62.2 Å². The Kier molecular flexibility index (Phi) is 7.75. The Balaban J connectivity index is 1.16. The van der Waals surface area contributed by atoms with Crippen LogP contribution in [0.4, 0.5) is 0 Å². The first-order valence-electron chi connectivity index (χ1n) is 18.6. The van der Waals surface area contributed by atoms with Gasteiger partial charge < -0.3 is 0 Å². The molecular weight excluding hydrogens is 675 g/mol. The summed E-state index contributed by atoms with van der Waals surface area (Å²) in [7, 11) is 0. The highest BCUT2D eigenvalue weighted by molar-refractivity contribution is 7.25. The summed E-state index contributed by atoms with van der Waals surface area (Å²) in [6, 6.07) is 51.5. The fraction of sp³-hybridized carbons (Fsp3) is 0.180. The van der Waals surface area contributed by atoms with Crippen molar-refractivity contribution in [2.45, 2.75) is 52.4 Å². The Labute approximate surface area is 321 Å². The molecule has 0 amide bonds. The minimum atomic E-state index is 0.0451. The number of hydrogen-bond donors (Lipinski definition) is 0. The van der Waals surface area contributed by atoms with E-state index < -0.39 is 0 Å². The van der Waals surface area contributed by atoms with Crippen LogP contribution < -0.4 is 0 Å². The second kappa shape index (κ2) is 12.3. The van der Waals surface area contributed by atoms with Crippen LogP contribution in [0.25, 0.3) is 76.3 Å². The smallest absolute Gasteiger partial charge is 0.161 e. The zero-order chi connectivity index (χ0) is 37.4. The van der Waals surface area contributed by atoms with Crippen molar-refractivity contribution < 1.29 is 0 Å². The van der Waals surface area contributed by atoms with E-state index in [1.54, 1.807) is 11.3 Å². The maximum atomic E-state index is 9.73. The molecule has 0 unspecified atom stereocenters. The van der Waals surface area contributed by atoms with Crippen molar-refractivity contribution in [3.05, 3.63) is 156 Å². The minimum absolute atomic E-state index is 0.0451. The van der Waals surface area contributed by atoms with E-state index in [9.17, 15) is 5.26 Å². The Hall–Kier alpha value is -5.89. The average Bonchev–Trinajstić information content (AvgIpc) is 3.63. The second-order valence-electron chi connectivity index (χ2n) is 16.2. The predicted octanol–water partition coefficient (Wildman–Crippen LogP) is 13.6. The van der Waals surface area contributed by atoms with Crippen LogP contribution in [0.15, 0.2) is 140 Å². The molecule has 0 atom stereocenters. The fourth-order valence-electron chi connectivity index (χ4n) is 8.55. The molecule has 9 rings (SSSR count). The lowest BCUT2D eigenvalue weighted by Gasteiger charge is -2.44. The summed E-state index contributed by atoms with van der Waals surface area (Å²) < 4.78 is 2.47. The lowest BCUT2D eigenvalue weighted by atomic mass is 9.59. The zero-order valence-corrected chi connectivity index (χ0v) is 32.3. The summed E-state index contributed by atoms with van der Waals surface area (Å²) in [4.78, 5) is 10.5. The number of thiophene rings is 1. The highest BCUT2D eigenvalue weighted by Crippen LogP contribution is 2.61. The van der Waals surface area contributed by atoms with Crippen LogP contribution in [0.1, 0.15) is 58.2 Å². The van der Waals surface area contributed by atoms with Gasteiger partial charge in [0.25, 0.3) is 0 Å². The van der Waals surface area contributed by atoms with Crippen LogP contribution in [0.3, 0.4) is 0 Å². The monoisotopic (exact) mass is 715 g/mol. The van der Waals surface area contributed by atoms with E-state index in [1.807, 2.05) is 24.3 Å². The molecule has 0 spiro atoms. The summed E-state index contributed by atoms with van der Waals surface area (Å²) >= 11 is 1.80. The number of fused-ring (bicyclic) bond motifs is 4. The molecule has 0 aliphatic heterocycles. The van der Waals surface area contributed by atoms with E-state index in [4.69, 9.17) is 9.97 Å². The quantitative estimate of drug-likeness (QED) is 0.178. The van der Waals surface area contributed by atoms with E-state index in [1.165, 1.54) is 42.4 Å². The predicted molar refractivity (Wildman–Crippen MR) is 227 cm³/mol. The van der Waals surface area contributed by atoms with Crippen molar-refractivity contribution >= 4 is 31.5 Å². The van der Waals surface area contributed by atoms with Crippen molar-refractivity contribution in [2.24, 2.45) is 5.41 Å². The molecule has 8 aromatic rings. The second-order valence-corrected chi connectivity index (χ2v) is 17.3. The standard InChI is InChI=1S/C50H41N3S/c1-48(2)40-27-26-35(28-41(40)49(3,4)50(48,5)6)31-18-22-33(23-19-31)42-29-43(34-24-20-32(21-25-34)37-13-8-7-12-36(37)30-51)53-47(52-42)39-15-11-17-45-46(39)38-14-9-10-16-44(38)54-45/h7-29H,1-6H3. The molecule has 0 radical (unpaired) electrons. The molecule has 1 aliphatic carbocycles. The number of nitrogens with zero attached hydrogens (tertiary/aromatic N) is 3. The number of rotatable bonds is 5. The molecule has 1 aliphatic rings. The summed E-state index contributed by atoms with van der Waals surface area (Å²) in [6.07, 6.45) is 0. The van der Waals surface area contributed by atoms with E-state index in [0.717, 1.165) is 39.2 Å². The molecule has 2 heterocycles. The molecule has 54 heavy (non-hydrogen) atoms.